The molecule has 9 heteroatoms. The van der Waals surface area contributed by atoms with Gasteiger partial charge in [0.2, 0.25) is 0 Å². The largest absolute Gasteiger partial charge is 0.534 e. The van der Waals surface area contributed by atoms with Crippen LogP contribution in [0.25, 0.3) is 49.7 Å². The van der Waals surface area contributed by atoms with E-state index in [2.05, 4.69) is 0 Å². The Balaban J connectivity index is 1.78. The maximum atomic E-state index is 13.3. The van der Waals surface area contributed by atoms with Crippen molar-refractivity contribution in [3.8, 4) is 22.8 Å². The van der Waals surface area contributed by atoms with E-state index in [0.29, 0.717) is 11.2 Å². The van der Waals surface area contributed by atoms with Gasteiger partial charge < -0.3 is 4.18 Å². The summed E-state index contributed by atoms with van der Waals surface area (Å²) in [6.45, 7) is 1.49. The first-order valence-corrected chi connectivity index (χ1v) is 13.1. The van der Waals surface area contributed by atoms with E-state index >= 15 is 0 Å². The number of fused-ring (bicyclic) bond motifs is 6. The zero-order valence-corrected chi connectivity index (χ0v) is 20.7. The number of hydrogen-bond acceptors (Lipinski definition) is 4. The molecular weight excluding hydrogens is 513 g/mol. The van der Waals surface area contributed by atoms with Crippen molar-refractivity contribution < 1.29 is 25.8 Å². The highest BCUT2D eigenvalue weighted by molar-refractivity contribution is 7.88. The Kier molecular flexibility index (Phi) is 5.43. The molecule has 6 aromatic rings. The van der Waals surface area contributed by atoms with Gasteiger partial charge in [-0.25, -0.2) is 4.98 Å². The highest BCUT2D eigenvalue weighted by Gasteiger charge is 2.49. The van der Waals surface area contributed by atoms with Crippen LogP contribution in [0.4, 0.5) is 13.2 Å². The molecule has 0 aliphatic rings. The van der Waals surface area contributed by atoms with E-state index in [-0.39, 0.29) is 17.0 Å². The third-order valence-corrected chi connectivity index (χ3v) is 7.43. The Hall–Kier alpha value is -4.37. The van der Waals surface area contributed by atoms with Gasteiger partial charge in [-0.3, -0.25) is 4.57 Å². The lowest BCUT2D eigenvalue weighted by Gasteiger charge is -2.16. The average Bonchev–Trinajstić information content (AvgIpc) is 3.31. The molecule has 0 radical (unpaired) electrons. The second-order valence-corrected chi connectivity index (χ2v) is 10.4. The quantitative estimate of drug-likeness (QED) is 0.134. The lowest BCUT2D eigenvalue weighted by Crippen LogP contribution is -2.28. The number of aryl methyl sites for hydroxylation is 1. The van der Waals surface area contributed by atoms with Gasteiger partial charge in [-0.1, -0.05) is 78.9 Å². The van der Waals surface area contributed by atoms with Crippen LogP contribution in [0.15, 0.2) is 97.1 Å². The fourth-order valence-corrected chi connectivity index (χ4v) is 5.35. The highest BCUT2D eigenvalue weighted by Crippen LogP contribution is 2.42. The number of benzene rings is 5. The van der Waals surface area contributed by atoms with Crippen LogP contribution in [0.5, 0.6) is 5.75 Å². The molecule has 0 saturated carbocycles. The Morgan fingerprint density at radius 2 is 1.32 bits per heavy atom. The summed E-state index contributed by atoms with van der Waals surface area (Å²) in [7, 11) is -5.92. The molecule has 0 aliphatic carbocycles. The van der Waals surface area contributed by atoms with Crippen LogP contribution in [-0.2, 0) is 10.1 Å². The topological polar surface area (TPSA) is 61.2 Å². The molecule has 5 aromatic carbocycles. The van der Waals surface area contributed by atoms with Crippen LogP contribution in [0.2, 0.25) is 0 Å². The summed E-state index contributed by atoms with van der Waals surface area (Å²) in [6, 6.07) is 29.5. The monoisotopic (exact) mass is 532 g/mol. The maximum absolute atomic E-state index is 13.3. The summed E-state index contributed by atoms with van der Waals surface area (Å²) in [6.07, 6.45) is 0. The van der Waals surface area contributed by atoms with E-state index in [0.717, 1.165) is 27.1 Å². The second-order valence-electron chi connectivity index (χ2n) is 8.83. The van der Waals surface area contributed by atoms with Crippen LogP contribution >= 0.6 is 0 Å². The Morgan fingerprint density at radius 1 is 0.737 bits per heavy atom. The number of para-hydroxylation sites is 2. The summed E-state index contributed by atoms with van der Waals surface area (Å²) in [5, 5.41) is 3.71. The van der Waals surface area contributed by atoms with E-state index < -0.39 is 21.4 Å². The van der Waals surface area contributed by atoms with E-state index in [4.69, 9.17) is 9.17 Å². The van der Waals surface area contributed by atoms with Crippen molar-refractivity contribution in [2.45, 2.75) is 12.4 Å². The normalized spacial score (nSPS) is 12.4. The molecule has 0 spiro atoms. The fraction of sp³-hybridized carbons (Fsp3) is 0.0690. The van der Waals surface area contributed by atoms with Crippen molar-refractivity contribution in [3.63, 3.8) is 0 Å². The van der Waals surface area contributed by atoms with Crippen molar-refractivity contribution in [2.75, 3.05) is 0 Å². The fourth-order valence-electron chi connectivity index (χ4n) is 4.81. The van der Waals surface area contributed by atoms with Gasteiger partial charge in [0.05, 0.1) is 16.6 Å². The number of rotatable bonds is 4. The summed E-state index contributed by atoms with van der Waals surface area (Å²) in [4.78, 5) is 4.94. The minimum absolute atomic E-state index is 0.117. The molecule has 0 atom stereocenters. The zero-order chi connectivity index (χ0) is 26.7. The number of hydrogen-bond donors (Lipinski definition) is 0. The molecule has 0 N–H and O–H groups in total. The van der Waals surface area contributed by atoms with E-state index in [9.17, 15) is 21.6 Å². The smallest absolute Gasteiger partial charge is 0.375 e. The Morgan fingerprint density at radius 3 is 1.97 bits per heavy atom. The minimum Gasteiger partial charge on any atom is -0.375 e. The van der Waals surface area contributed by atoms with Crippen LogP contribution < -0.4 is 4.18 Å². The number of halogens is 3. The average molecular weight is 533 g/mol. The first-order valence-electron chi connectivity index (χ1n) is 11.7. The molecule has 190 valence electrons. The Labute approximate surface area is 215 Å². The first-order chi connectivity index (χ1) is 18.2. The zero-order valence-electron chi connectivity index (χ0n) is 19.9. The molecule has 0 saturated heterocycles. The molecule has 0 fully saturated rings. The molecule has 1 aromatic heterocycles. The Bertz CT molecular complexity index is 1970. The SMILES string of the molecule is Cc1cccc(-c2nc3c4ccccc4c4ccccc4c3n2-c2ccccc2)c1OS(=O)(=O)C(F)(F)F. The van der Waals surface area contributed by atoms with E-state index in [1.54, 1.807) is 6.07 Å². The van der Waals surface area contributed by atoms with Crippen molar-refractivity contribution in [1.82, 2.24) is 9.55 Å². The molecule has 0 bridgehead atoms. The summed E-state index contributed by atoms with van der Waals surface area (Å²) in [5.41, 5.74) is -3.17. The molecule has 0 amide bonds. The number of aromatic nitrogens is 2. The van der Waals surface area contributed by atoms with Gasteiger partial charge in [0.15, 0.2) is 5.75 Å². The van der Waals surface area contributed by atoms with Crippen LogP contribution in [0.3, 0.4) is 0 Å². The van der Waals surface area contributed by atoms with Crippen molar-refractivity contribution in [2.24, 2.45) is 0 Å². The van der Waals surface area contributed by atoms with Crippen LogP contribution in [-0.4, -0.2) is 23.5 Å². The molecule has 38 heavy (non-hydrogen) atoms. The van der Waals surface area contributed by atoms with Gasteiger partial charge >= 0.3 is 15.6 Å². The molecule has 0 aliphatic heterocycles. The van der Waals surface area contributed by atoms with E-state index in [1.807, 2.05) is 83.4 Å². The van der Waals surface area contributed by atoms with Crippen LogP contribution in [0.1, 0.15) is 5.56 Å². The maximum Gasteiger partial charge on any atom is 0.534 e. The number of nitrogens with zero attached hydrogens (tertiary/aromatic N) is 2. The lowest BCUT2D eigenvalue weighted by atomic mass is 10.00. The number of imidazole rings is 1. The third-order valence-electron chi connectivity index (χ3n) is 6.48. The van der Waals surface area contributed by atoms with Crippen molar-refractivity contribution in [3.05, 3.63) is 103 Å². The van der Waals surface area contributed by atoms with Gasteiger partial charge in [-0.05, 0) is 41.5 Å². The molecule has 0 unspecified atom stereocenters. The molecule has 5 nitrogen and oxygen atoms in total. The van der Waals surface area contributed by atoms with Gasteiger partial charge in [0.1, 0.15) is 5.82 Å². The summed E-state index contributed by atoms with van der Waals surface area (Å²) >= 11 is 0. The van der Waals surface area contributed by atoms with Gasteiger partial charge in [0, 0.05) is 16.5 Å². The van der Waals surface area contributed by atoms with Crippen molar-refractivity contribution in [1.29, 1.82) is 0 Å². The number of alkyl halides is 3. The predicted molar refractivity (Wildman–Crippen MR) is 142 cm³/mol. The first kappa shape index (κ1) is 24.0. The highest BCUT2D eigenvalue weighted by atomic mass is 32.2. The molecule has 6 rings (SSSR count). The second kappa shape index (κ2) is 8.59. The third kappa shape index (κ3) is 3.69. The van der Waals surface area contributed by atoms with Gasteiger partial charge in [0.25, 0.3) is 0 Å². The minimum atomic E-state index is -5.92. The lowest BCUT2D eigenvalue weighted by molar-refractivity contribution is -0.0500. The molecule has 1 heterocycles. The summed E-state index contributed by atoms with van der Waals surface area (Å²) in [5.74, 6) is -0.172. The van der Waals surface area contributed by atoms with Gasteiger partial charge in [-0.2, -0.15) is 21.6 Å². The van der Waals surface area contributed by atoms with E-state index in [1.165, 1.54) is 19.1 Å². The predicted octanol–water partition coefficient (Wildman–Crippen LogP) is 7.54. The van der Waals surface area contributed by atoms with Gasteiger partial charge in [-0.15, -0.1) is 0 Å². The van der Waals surface area contributed by atoms with Crippen LogP contribution in [0, 0.1) is 6.92 Å². The van der Waals surface area contributed by atoms with Crippen molar-refractivity contribution >= 4 is 42.7 Å². The standard InChI is InChI=1S/C29H19F3N2O3S/c1-18-10-9-17-24(27(18)37-38(35,36)29(30,31)32)28-33-25-22-15-7-5-13-20(22)21-14-6-8-16-23(21)26(25)34(28)19-11-3-2-4-12-19/h2-17H,1H3. The summed E-state index contributed by atoms with van der Waals surface area (Å²) < 4.78 is 70.6. The molecular formula is C29H19F3N2O3S.